The summed E-state index contributed by atoms with van der Waals surface area (Å²) in [5, 5.41) is 10.5. The number of methoxy groups -OCH3 is 1. The molecule has 9 nitrogen and oxygen atoms in total. The molecular weight excluding hydrogens is 538 g/mol. The number of hydrogen-bond acceptors (Lipinski definition) is 9. The molecule has 9 atom stereocenters. The Balaban J connectivity index is 2.50. The first-order valence-electron chi connectivity index (χ1n) is 15.4. The van der Waals surface area contributed by atoms with Gasteiger partial charge in [0.05, 0.1) is 29.0 Å². The molecule has 2 rings (SSSR count). The predicted octanol–water partition coefficient (Wildman–Crippen LogP) is 5.40. The van der Waals surface area contributed by atoms with Crippen molar-refractivity contribution in [1.29, 1.82) is 0 Å². The van der Waals surface area contributed by atoms with Gasteiger partial charge in [0.1, 0.15) is 5.76 Å². The van der Waals surface area contributed by atoms with Crippen LogP contribution in [0.25, 0.3) is 0 Å². The Kier molecular flexibility index (Phi) is 12.4. The van der Waals surface area contributed by atoms with Crippen LogP contribution < -0.4 is 0 Å². The lowest BCUT2D eigenvalue weighted by Crippen LogP contribution is -2.56. The number of aliphatic hydroxyl groups is 1. The van der Waals surface area contributed by atoms with E-state index in [0.29, 0.717) is 24.2 Å². The van der Waals surface area contributed by atoms with Gasteiger partial charge in [0.15, 0.2) is 12.1 Å². The van der Waals surface area contributed by atoms with Crippen LogP contribution in [0.5, 0.6) is 0 Å². The lowest BCUT2D eigenvalue weighted by Gasteiger charge is -2.48. The molecule has 0 aromatic rings. The zero-order chi connectivity index (χ0) is 32.2. The summed E-state index contributed by atoms with van der Waals surface area (Å²) in [5.41, 5.74) is -1.66. The van der Waals surface area contributed by atoms with E-state index in [2.05, 4.69) is 25.9 Å². The van der Waals surface area contributed by atoms with Gasteiger partial charge < -0.3 is 33.7 Å². The first-order chi connectivity index (χ1) is 19.3. The fraction of sp³-hybridized carbons (Fsp3) is 0.818. The number of carbonyl (C=O) groups is 2. The third kappa shape index (κ3) is 9.11. The molecule has 3 unspecified atom stereocenters. The number of carbonyl (C=O) groups excluding carboxylic acids is 2. The van der Waals surface area contributed by atoms with Gasteiger partial charge >= 0.3 is 5.97 Å². The molecule has 0 radical (unpaired) electrons. The lowest BCUT2D eigenvalue weighted by atomic mass is 9.79. The van der Waals surface area contributed by atoms with Crippen molar-refractivity contribution < 1.29 is 38.4 Å². The quantitative estimate of drug-likeness (QED) is 0.209. The van der Waals surface area contributed by atoms with E-state index in [1.54, 1.807) is 40.9 Å². The maximum atomic E-state index is 13.2. The van der Waals surface area contributed by atoms with Gasteiger partial charge in [0, 0.05) is 44.8 Å². The first-order valence-corrected chi connectivity index (χ1v) is 15.4. The number of rotatable bonds is 14. The standard InChI is InChI=1S/C33H57NO8/c1-14-16-32(9,37)17-15-26(35)20(2)19-33(10,38-13)28(23(5)27-24(6)29(36)42-31(7,8)41-27)40-30-22(4)25(34(11)12)18-21(3)39-30/h15,17,20-23,25,28,30,37H,14,16,18-19H2,1-13H3/b17-15+/t20-,21?,22?,23+,25?,28-,30+,32-,33-/m1/s1. The fourth-order valence-electron chi connectivity index (χ4n) is 6.29. The van der Waals surface area contributed by atoms with Crippen molar-refractivity contribution in [3.05, 3.63) is 23.5 Å². The minimum atomic E-state index is -1.14. The number of esters is 1. The predicted molar refractivity (Wildman–Crippen MR) is 162 cm³/mol. The highest BCUT2D eigenvalue weighted by Gasteiger charge is 2.49. The monoisotopic (exact) mass is 595 g/mol. The van der Waals surface area contributed by atoms with Gasteiger partial charge in [0.2, 0.25) is 5.79 Å². The summed E-state index contributed by atoms with van der Waals surface area (Å²) in [6, 6.07) is 0.242. The minimum Gasteiger partial charge on any atom is -0.456 e. The number of ether oxygens (including phenoxy) is 5. The van der Waals surface area contributed by atoms with E-state index in [9.17, 15) is 14.7 Å². The first kappa shape index (κ1) is 36.4. The smallest absolute Gasteiger partial charge is 0.340 e. The molecule has 0 aliphatic carbocycles. The second-order valence-corrected chi connectivity index (χ2v) is 13.6. The van der Waals surface area contributed by atoms with Crippen LogP contribution >= 0.6 is 0 Å². The van der Waals surface area contributed by atoms with Crippen molar-refractivity contribution in [2.24, 2.45) is 17.8 Å². The van der Waals surface area contributed by atoms with E-state index < -0.39 is 47.2 Å². The highest BCUT2D eigenvalue weighted by Crippen LogP contribution is 2.41. The van der Waals surface area contributed by atoms with Crippen LogP contribution in [0.1, 0.15) is 94.9 Å². The minimum absolute atomic E-state index is 0.0225. The van der Waals surface area contributed by atoms with Gasteiger partial charge in [-0.25, -0.2) is 4.79 Å². The normalized spacial score (nSPS) is 29.8. The third-order valence-electron chi connectivity index (χ3n) is 8.79. The van der Waals surface area contributed by atoms with Crippen molar-refractivity contribution >= 4 is 11.8 Å². The van der Waals surface area contributed by atoms with Crippen LogP contribution in [-0.2, 0) is 33.3 Å². The van der Waals surface area contributed by atoms with Gasteiger partial charge in [-0.2, -0.15) is 0 Å². The molecule has 2 aliphatic rings. The van der Waals surface area contributed by atoms with Crippen molar-refractivity contribution in [1.82, 2.24) is 4.90 Å². The molecule has 1 fully saturated rings. The molecule has 0 bridgehead atoms. The molecular formula is C33H57NO8. The molecule has 242 valence electrons. The molecule has 0 spiro atoms. The SMILES string of the molecule is CCC[C@@](C)(O)/C=C/C(=O)[C@H](C)C[C@@](C)(OC)[C@H](O[C@@H]1OC(C)CC(N(C)C)C1C)[C@@H](C)C1=C(C)C(=O)OC(C)(C)O1. The molecule has 0 saturated carbocycles. The molecule has 0 amide bonds. The molecule has 2 heterocycles. The Bertz CT molecular complexity index is 1000. The molecule has 2 aliphatic heterocycles. The van der Waals surface area contributed by atoms with E-state index in [4.69, 9.17) is 23.7 Å². The largest absolute Gasteiger partial charge is 0.456 e. The van der Waals surface area contributed by atoms with E-state index in [1.165, 1.54) is 6.08 Å². The summed E-state index contributed by atoms with van der Waals surface area (Å²) in [4.78, 5) is 28.2. The molecule has 9 heteroatoms. The van der Waals surface area contributed by atoms with Crippen LogP contribution in [0, 0.1) is 17.8 Å². The number of allylic oxidation sites excluding steroid dienone is 1. The number of nitrogens with zero attached hydrogens (tertiary/aromatic N) is 1. The Morgan fingerprint density at radius 2 is 1.83 bits per heavy atom. The number of ketones is 1. The molecule has 42 heavy (non-hydrogen) atoms. The average Bonchev–Trinajstić information content (AvgIpc) is 2.88. The summed E-state index contributed by atoms with van der Waals surface area (Å²) < 4.78 is 31.1. The van der Waals surface area contributed by atoms with E-state index in [0.717, 1.165) is 12.8 Å². The van der Waals surface area contributed by atoms with Crippen LogP contribution in [0.15, 0.2) is 23.5 Å². The summed E-state index contributed by atoms with van der Waals surface area (Å²) in [5.74, 6) is -2.07. The van der Waals surface area contributed by atoms with Gasteiger partial charge in [0.25, 0.3) is 0 Å². The summed E-state index contributed by atoms with van der Waals surface area (Å²) >= 11 is 0. The number of cyclic esters (lactones) is 1. The van der Waals surface area contributed by atoms with Gasteiger partial charge in [-0.15, -0.1) is 0 Å². The topological polar surface area (TPSA) is 104 Å². The van der Waals surface area contributed by atoms with E-state index >= 15 is 0 Å². The molecule has 0 aromatic heterocycles. The van der Waals surface area contributed by atoms with Crippen LogP contribution in [-0.4, -0.2) is 84.5 Å². The van der Waals surface area contributed by atoms with E-state index in [-0.39, 0.29) is 23.8 Å². The van der Waals surface area contributed by atoms with Gasteiger partial charge in [-0.05, 0) is 73.2 Å². The van der Waals surface area contributed by atoms with Gasteiger partial charge in [-0.3, -0.25) is 4.79 Å². The third-order valence-corrected chi connectivity index (χ3v) is 8.79. The Labute approximate surface area is 253 Å². The second kappa shape index (κ2) is 14.3. The zero-order valence-corrected chi connectivity index (χ0v) is 28.3. The average molecular weight is 596 g/mol. The van der Waals surface area contributed by atoms with Crippen molar-refractivity contribution in [3.8, 4) is 0 Å². The van der Waals surface area contributed by atoms with Crippen molar-refractivity contribution in [3.63, 3.8) is 0 Å². The second-order valence-electron chi connectivity index (χ2n) is 13.6. The Morgan fingerprint density at radius 1 is 1.21 bits per heavy atom. The lowest BCUT2D eigenvalue weighted by molar-refractivity contribution is -0.284. The maximum absolute atomic E-state index is 13.2. The summed E-state index contributed by atoms with van der Waals surface area (Å²) in [6.07, 6.45) is 4.39. The highest BCUT2D eigenvalue weighted by molar-refractivity contribution is 5.91. The molecule has 1 N–H and O–H groups in total. The van der Waals surface area contributed by atoms with Crippen LogP contribution in [0.4, 0.5) is 0 Å². The van der Waals surface area contributed by atoms with Crippen molar-refractivity contribution in [2.45, 2.75) is 136 Å². The molecule has 0 aromatic carbocycles. The zero-order valence-electron chi connectivity index (χ0n) is 28.3. The molecule has 1 saturated heterocycles. The summed E-state index contributed by atoms with van der Waals surface area (Å²) in [6.45, 7) is 18.7. The Morgan fingerprint density at radius 3 is 2.38 bits per heavy atom. The van der Waals surface area contributed by atoms with Crippen LogP contribution in [0.2, 0.25) is 0 Å². The Hall–Kier alpha value is -1.78. The van der Waals surface area contributed by atoms with Gasteiger partial charge in [-0.1, -0.05) is 34.1 Å². The highest BCUT2D eigenvalue weighted by atomic mass is 16.7. The summed E-state index contributed by atoms with van der Waals surface area (Å²) in [7, 11) is 5.73. The van der Waals surface area contributed by atoms with Crippen molar-refractivity contribution in [2.75, 3.05) is 21.2 Å². The van der Waals surface area contributed by atoms with E-state index in [1.807, 2.05) is 34.6 Å². The maximum Gasteiger partial charge on any atom is 0.340 e. The number of hydrogen-bond donors (Lipinski definition) is 1. The van der Waals surface area contributed by atoms with Crippen LogP contribution in [0.3, 0.4) is 0 Å². The fourth-order valence-corrected chi connectivity index (χ4v) is 6.29.